The van der Waals surface area contributed by atoms with E-state index in [2.05, 4.69) is 20.8 Å². The summed E-state index contributed by atoms with van der Waals surface area (Å²) in [6.07, 6.45) is -0.135. The third-order valence-electron chi connectivity index (χ3n) is 5.77. The molecule has 18 heteroatoms. The number of aromatic nitrogens is 4. The van der Waals surface area contributed by atoms with Gasteiger partial charge in [0, 0.05) is 18.6 Å². The summed E-state index contributed by atoms with van der Waals surface area (Å²) in [4.78, 5) is 61.0. The van der Waals surface area contributed by atoms with E-state index in [-0.39, 0.29) is 28.8 Å². The molecule has 0 unspecified atom stereocenters. The first-order valence-corrected chi connectivity index (χ1v) is 13.4. The molecule has 2 aromatic rings. The average molecular weight is 595 g/mol. The fourth-order valence-corrected chi connectivity index (χ4v) is 6.47. The molecule has 40 heavy (non-hydrogen) atoms. The lowest BCUT2D eigenvalue weighted by atomic mass is 9.98. The number of aliphatic carboxylic acids is 3. The lowest BCUT2D eigenvalue weighted by Crippen LogP contribution is -2.80. The summed E-state index contributed by atoms with van der Waals surface area (Å²) >= 11 is 2.23. The standard InChI is InChI=1S/C22H22N6O10S2/c1-37-22(23-14(29)6-11-2-4-13(5-3-11)38-8-16(32)33)19(36)28-17(18(34)35)12(9-39-20(22)28)10-40-21-24-25-26-27(21)7-15(30)31/h2-5,20H,6-10H2,1H3,(H,23,29)(H,30,31)(H,32,33)(H,34,35)/t20-,22+/m1/s1. The van der Waals surface area contributed by atoms with E-state index < -0.39 is 54.0 Å². The first-order valence-electron chi connectivity index (χ1n) is 11.4. The smallest absolute Gasteiger partial charge is 0.352 e. The van der Waals surface area contributed by atoms with Crippen LogP contribution in [0.1, 0.15) is 5.56 Å². The van der Waals surface area contributed by atoms with Crippen LogP contribution in [0.4, 0.5) is 0 Å². The monoisotopic (exact) mass is 594 g/mol. The number of ether oxygens (including phenoxy) is 2. The average Bonchev–Trinajstić information content (AvgIpc) is 3.35. The Morgan fingerprint density at radius 1 is 1.18 bits per heavy atom. The van der Waals surface area contributed by atoms with Crippen LogP contribution < -0.4 is 10.1 Å². The van der Waals surface area contributed by atoms with Gasteiger partial charge in [0.05, 0.1) is 6.42 Å². The Hall–Kier alpha value is -4.16. The number of nitrogens with one attached hydrogen (secondary N) is 1. The van der Waals surface area contributed by atoms with Crippen molar-refractivity contribution in [3.8, 4) is 5.75 Å². The lowest BCUT2D eigenvalue weighted by Gasteiger charge is -2.55. The third-order valence-corrected chi connectivity index (χ3v) is 8.19. The maximum absolute atomic E-state index is 13.3. The van der Waals surface area contributed by atoms with E-state index in [0.717, 1.165) is 21.3 Å². The minimum atomic E-state index is -1.78. The summed E-state index contributed by atoms with van der Waals surface area (Å²) in [6.45, 7) is -0.981. The zero-order chi connectivity index (χ0) is 29.0. The number of carbonyl (C=O) groups excluding carboxylic acids is 2. The molecule has 1 aromatic carbocycles. The van der Waals surface area contributed by atoms with Gasteiger partial charge < -0.3 is 30.1 Å². The van der Waals surface area contributed by atoms with Crippen molar-refractivity contribution >= 4 is 53.2 Å². The Kier molecular flexibility index (Phi) is 8.60. The minimum Gasteiger partial charge on any atom is -0.482 e. The number of methoxy groups -OCH3 is 1. The second-order valence-corrected chi connectivity index (χ2v) is 10.4. The molecular formula is C22H22N6O10S2. The molecule has 0 saturated carbocycles. The van der Waals surface area contributed by atoms with Crippen molar-refractivity contribution in [3.05, 3.63) is 41.1 Å². The van der Waals surface area contributed by atoms with Gasteiger partial charge >= 0.3 is 17.9 Å². The van der Waals surface area contributed by atoms with Crippen LogP contribution in [-0.2, 0) is 41.7 Å². The molecule has 2 amide bonds. The second-order valence-electron chi connectivity index (χ2n) is 8.39. The predicted molar refractivity (Wildman–Crippen MR) is 135 cm³/mol. The zero-order valence-electron chi connectivity index (χ0n) is 20.7. The highest BCUT2D eigenvalue weighted by Gasteiger charge is 2.66. The molecule has 16 nitrogen and oxygen atoms in total. The van der Waals surface area contributed by atoms with Gasteiger partial charge in [0.25, 0.3) is 11.6 Å². The van der Waals surface area contributed by atoms with Crippen LogP contribution in [0.3, 0.4) is 0 Å². The molecule has 2 atom stereocenters. The predicted octanol–water partition coefficient (Wildman–Crippen LogP) is -0.731. The molecule has 212 valence electrons. The number of hydrogen-bond acceptors (Lipinski definition) is 12. The van der Waals surface area contributed by atoms with Gasteiger partial charge in [0.15, 0.2) is 6.61 Å². The van der Waals surface area contributed by atoms with Gasteiger partial charge in [0.2, 0.25) is 11.1 Å². The van der Waals surface area contributed by atoms with Crippen LogP contribution in [0.2, 0.25) is 0 Å². The number of nitrogens with zero attached hydrogens (tertiary/aromatic N) is 5. The van der Waals surface area contributed by atoms with E-state index in [0.29, 0.717) is 16.9 Å². The fourth-order valence-electron chi connectivity index (χ4n) is 4.02. The topological polar surface area (TPSA) is 223 Å². The molecule has 0 spiro atoms. The third kappa shape index (κ3) is 5.87. The molecule has 2 aliphatic heterocycles. The fraction of sp³-hybridized carbons (Fsp3) is 0.364. The van der Waals surface area contributed by atoms with Gasteiger partial charge in [-0.1, -0.05) is 23.9 Å². The van der Waals surface area contributed by atoms with Crippen molar-refractivity contribution in [2.45, 2.75) is 29.2 Å². The number of amides is 2. The number of β-lactam (4-membered cyclic amide) rings is 1. The Balaban J connectivity index is 1.44. The van der Waals surface area contributed by atoms with Gasteiger partial charge in [-0.25, -0.2) is 14.3 Å². The number of carboxylic acid groups (broad SMARTS) is 3. The number of fused-ring (bicyclic) bond motifs is 1. The molecule has 0 radical (unpaired) electrons. The number of carboxylic acids is 3. The quantitative estimate of drug-likeness (QED) is 0.127. The summed E-state index contributed by atoms with van der Waals surface area (Å²) in [6, 6.07) is 6.16. The number of benzene rings is 1. The SMILES string of the molecule is CO[C@@]1(NC(=O)Cc2ccc(OCC(=O)O)cc2)C(=O)N2C(C(=O)O)=C(CSc3nnnn3CC(=O)O)CS[C@@H]21. The first-order chi connectivity index (χ1) is 19.1. The molecule has 4 N–H and O–H groups in total. The normalized spacial score (nSPS) is 20.0. The van der Waals surface area contributed by atoms with E-state index in [1.807, 2.05) is 0 Å². The van der Waals surface area contributed by atoms with Crippen molar-refractivity contribution in [3.63, 3.8) is 0 Å². The van der Waals surface area contributed by atoms with Crippen LogP contribution >= 0.6 is 23.5 Å². The Morgan fingerprint density at radius 3 is 2.52 bits per heavy atom. The van der Waals surface area contributed by atoms with Crippen molar-refractivity contribution < 1.29 is 48.8 Å². The minimum absolute atomic E-state index is 0.0731. The Bertz CT molecular complexity index is 1380. The summed E-state index contributed by atoms with van der Waals surface area (Å²) in [7, 11) is 1.24. The molecule has 1 aromatic heterocycles. The van der Waals surface area contributed by atoms with Crippen LogP contribution in [-0.4, -0.2) is 106 Å². The zero-order valence-corrected chi connectivity index (χ0v) is 22.3. The van der Waals surface area contributed by atoms with E-state index >= 15 is 0 Å². The van der Waals surface area contributed by atoms with Crippen LogP contribution in [0.5, 0.6) is 5.75 Å². The Morgan fingerprint density at radius 2 is 1.90 bits per heavy atom. The number of carbonyl (C=O) groups is 5. The number of rotatable bonds is 13. The number of tetrazole rings is 1. The molecule has 1 fully saturated rings. The molecule has 0 bridgehead atoms. The van der Waals surface area contributed by atoms with Crippen molar-refractivity contribution in [2.75, 3.05) is 25.2 Å². The highest BCUT2D eigenvalue weighted by Crippen LogP contribution is 2.47. The highest BCUT2D eigenvalue weighted by atomic mass is 32.2. The summed E-state index contributed by atoms with van der Waals surface area (Å²) in [5.74, 6) is -4.37. The van der Waals surface area contributed by atoms with Crippen LogP contribution in [0.25, 0.3) is 0 Å². The largest absolute Gasteiger partial charge is 0.482 e. The van der Waals surface area contributed by atoms with Gasteiger partial charge in [-0.05, 0) is 33.7 Å². The van der Waals surface area contributed by atoms with Gasteiger partial charge in [0.1, 0.15) is 23.4 Å². The van der Waals surface area contributed by atoms with E-state index in [1.165, 1.54) is 31.0 Å². The van der Waals surface area contributed by atoms with Gasteiger partial charge in [-0.15, -0.1) is 16.9 Å². The summed E-state index contributed by atoms with van der Waals surface area (Å²) in [5.41, 5.74) is -1.09. The van der Waals surface area contributed by atoms with E-state index in [9.17, 15) is 29.1 Å². The Labute approximate surface area is 233 Å². The number of thioether (sulfide) groups is 2. The van der Waals surface area contributed by atoms with Crippen molar-refractivity contribution in [2.24, 2.45) is 0 Å². The number of hydrogen-bond donors (Lipinski definition) is 4. The maximum Gasteiger partial charge on any atom is 0.352 e. The molecule has 0 aliphatic carbocycles. The lowest BCUT2D eigenvalue weighted by molar-refractivity contribution is -0.192. The second kappa shape index (κ2) is 11.9. The van der Waals surface area contributed by atoms with Crippen molar-refractivity contribution in [1.29, 1.82) is 0 Å². The molecule has 3 heterocycles. The molecular weight excluding hydrogens is 572 g/mol. The molecule has 1 saturated heterocycles. The summed E-state index contributed by atoms with van der Waals surface area (Å²) < 4.78 is 11.6. The molecule has 2 aliphatic rings. The summed E-state index contributed by atoms with van der Waals surface area (Å²) in [5, 5.41) is 40.3. The van der Waals surface area contributed by atoms with Crippen LogP contribution in [0.15, 0.2) is 40.7 Å². The maximum atomic E-state index is 13.3. The first kappa shape index (κ1) is 28.8. The van der Waals surface area contributed by atoms with Gasteiger partial charge in [-0.2, -0.15) is 0 Å². The molecule has 4 rings (SSSR count). The highest BCUT2D eigenvalue weighted by molar-refractivity contribution is 8.01. The van der Waals surface area contributed by atoms with E-state index in [4.69, 9.17) is 19.7 Å². The van der Waals surface area contributed by atoms with Crippen LogP contribution in [0, 0.1) is 0 Å². The van der Waals surface area contributed by atoms with E-state index in [1.54, 1.807) is 12.1 Å². The van der Waals surface area contributed by atoms with Crippen molar-refractivity contribution in [1.82, 2.24) is 30.4 Å². The van der Waals surface area contributed by atoms with Gasteiger partial charge in [-0.3, -0.25) is 19.3 Å².